The summed E-state index contributed by atoms with van der Waals surface area (Å²) in [5.74, 6) is -0.223. The van der Waals surface area contributed by atoms with E-state index < -0.39 is 12.0 Å². The monoisotopic (exact) mass is 538 g/mol. The Kier molecular flexibility index (Phi) is 7.19. The van der Waals surface area contributed by atoms with Gasteiger partial charge in [0.2, 0.25) is 11.8 Å². The number of nitrogens with one attached hydrogen (secondary N) is 2. The lowest BCUT2D eigenvalue weighted by molar-refractivity contribution is 0.229. The largest absolute Gasteiger partial charge is 0.475 e. The van der Waals surface area contributed by atoms with E-state index in [1.807, 2.05) is 43.3 Å². The molecule has 3 heterocycles. The van der Waals surface area contributed by atoms with E-state index in [-0.39, 0.29) is 46.0 Å². The summed E-state index contributed by atoms with van der Waals surface area (Å²) >= 11 is 0. The Morgan fingerprint density at radius 3 is 2.45 bits per heavy atom. The highest BCUT2D eigenvalue weighted by atomic mass is 19.1. The van der Waals surface area contributed by atoms with Crippen LogP contribution in [0.1, 0.15) is 43.8 Å². The van der Waals surface area contributed by atoms with Gasteiger partial charge in [0.25, 0.3) is 5.56 Å². The van der Waals surface area contributed by atoms with Crippen LogP contribution in [0.25, 0.3) is 16.6 Å². The molecular weight excluding hydrogens is 511 g/mol. The molecular formula is C29H27FN8O2. The molecule has 11 heteroatoms. The van der Waals surface area contributed by atoms with Crippen LogP contribution in [-0.2, 0) is 0 Å². The van der Waals surface area contributed by atoms with E-state index in [0.29, 0.717) is 22.4 Å². The van der Waals surface area contributed by atoms with Gasteiger partial charge >= 0.3 is 0 Å². The van der Waals surface area contributed by atoms with Gasteiger partial charge in [0.1, 0.15) is 23.8 Å². The minimum atomic E-state index is -0.889. The summed E-state index contributed by atoms with van der Waals surface area (Å²) in [6.07, 6.45) is 1.05. The molecule has 0 saturated carbocycles. The van der Waals surface area contributed by atoms with Crippen molar-refractivity contribution in [2.75, 3.05) is 11.1 Å². The van der Waals surface area contributed by atoms with Crippen LogP contribution in [0.2, 0.25) is 0 Å². The molecule has 202 valence electrons. The van der Waals surface area contributed by atoms with Crippen LogP contribution >= 0.6 is 0 Å². The first-order valence-electron chi connectivity index (χ1n) is 12.6. The van der Waals surface area contributed by atoms with Crippen LogP contribution < -0.4 is 21.3 Å². The summed E-state index contributed by atoms with van der Waals surface area (Å²) in [7, 11) is 0. The van der Waals surface area contributed by atoms with Crippen LogP contribution in [-0.4, -0.2) is 36.3 Å². The highest BCUT2D eigenvalue weighted by molar-refractivity contribution is 6.16. The molecule has 0 bridgehead atoms. The number of benzene rings is 2. The van der Waals surface area contributed by atoms with Gasteiger partial charge in [-0.25, -0.2) is 15.0 Å². The molecule has 0 aliphatic heterocycles. The number of aromatic nitrogens is 5. The molecule has 4 N–H and O–H groups in total. The van der Waals surface area contributed by atoms with Gasteiger partial charge in [0, 0.05) is 6.07 Å². The number of nitrogen functional groups attached to an aromatic ring is 1. The van der Waals surface area contributed by atoms with Gasteiger partial charge in [-0.1, -0.05) is 30.3 Å². The maximum atomic E-state index is 15.0. The number of hydrogen-bond donors (Lipinski definition) is 3. The second-order valence-corrected chi connectivity index (χ2v) is 9.34. The standard InChI is InChI=1S/C29H27FN8O2/c1-16(2)40-22-14-13-20(25(30)37-22)24(31)23-26(32)33-15-34-27(23)35-17(3)28-36-21-12-8-7-11-19(21)29(39)38(28)18-9-5-4-6-10-18/h4-17,31H,1-3H3,(H3,32,33,34,35). The number of anilines is 2. The van der Waals surface area contributed by atoms with Crippen molar-refractivity contribution in [1.82, 2.24) is 24.5 Å². The van der Waals surface area contributed by atoms with E-state index in [1.165, 1.54) is 23.0 Å². The second-order valence-electron chi connectivity index (χ2n) is 9.34. The van der Waals surface area contributed by atoms with Crippen molar-refractivity contribution < 1.29 is 9.13 Å². The summed E-state index contributed by atoms with van der Waals surface area (Å²) in [4.78, 5) is 30.6. The predicted molar refractivity (Wildman–Crippen MR) is 152 cm³/mol. The third kappa shape index (κ3) is 5.08. The molecule has 5 aromatic rings. The number of para-hydroxylation sites is 2. The molecule has 0 saturated heterocycles. The molecule has 1 unspecified atom stereocenters. The number of nitrogens with two attached hydrogens (primary N) is 1. The van der Waals surface area contributed by atoms with E-state index in [9.17, 15) is 9.18 Å². The van der Waals surface area contributed by atoms with E-state index in [2.05, 4.69) is 20.3 Å². The molecule has 3 aromatic heterocycles. The minimum Gasteiger partial charge on any atom is -0.475 e. The molecule has 40 heavy (non-hydrogen) atoms. The third-order valence-electron chi connectivity index (χ3n) is 6.13. The van der Waals surface area contributed by atoms with E-state index >= 15 is 0 Å². The molecule has 0 radical (unpaired) electrons. The zero-order valence-corrected chi connectivity index (χ0v) is 22.1. The normalized spacial score (nSPS) is 11.9. The summed E-state index contributed by atoms with van der Waals surface area (Å²) < 4.78 is 22.0. The van der Waals surface area contributed by atoms with Crippen molar-refractivity contribution in [2.24, 2.45) is 0 Å². The lowest BCUT2D eigenvalue weighted by atomic mass is 10.0. The van der Waals surface area contributed by atoms with Crippen molar-refractivity contribution >= 4 is 28.3 Å². The van der Waals surface area contributed by atoms with Crippen molar-refractivity contribution in [2.45, 2.75) is 32.9 Å². The molecule has 5 rings (SSSR count). The fraction of sp³-hybridized carbons (Fsp3) is 0.172. The summed E-state index contributed by atoms with van der Waals surface area (Å²) in [5.41, 5.74) is 6.84. The van der Waals surface area contributed by atoms with Crippen LogP contribution in [0.3, 0.4) is 0 Å². The van der Waals surface area contributed by atoms with Gasteiger partial charge in [0.05, 0.1) is 45.6 Å². The third-order valence-corrected chi connectivity index (χ3v) is 6.13. The smallest absolute Gasteiger partial charge is 0.266 e. The molecule has 0 amide bonds. The highest BCUT2D eigenvalue weighted by Crippen LogP contribution is 2.27. The Balaban J connectivity index is 1.57. The average molecular weight is 539 g/mol. The number of hydrogen-bond acceptors (Lipinski definition) is 9. The maximum Gasteiger partial charge on any atom is 0.266 e. The summed E-state index contributed by atoms with van der Waals surface area (Å²) in [6.45, 7) is 5.42. The number of ether oxygens (including phenoxy) is 1. The van der Waals surface area contributed by atoms with Gasteiger partial charge in [0.15, 0.2) is 0 Å². The first-order chi connectivity index (χ1) is 19.2. The molecule has 0 aliphatic rings. The van der Waals surface area contributed by atoms with Crippen molar-refractivity contribution in [3.8, 4) is 11.6 Å². The van der Waals surface area contributed by atoms with Crippen molar-refractivity contribution in [1.29, 1.82) is 5.41 Å². The van der Waals surface area contributed by atoms with Crippen LogP contribution in [0.5, 0.6) is 5.88 Å². The number of rotatable bonds is 8. The molecule has 10 nitrogen and oxygen atoms in total. The van der Waals surface area contributed by atoms with E-state index in [1.54, 1.807) is 32.0 Å². The zero-order chi connectivity index (χ0) is 28.4. The Bertz CT molecular complexity index is 1770. The number of nitrogens with zero attached hydrogens (tertiary/aromatic N) is 5. The SMILES string of the molecule is CC(C)Oc1ccc(C(=N)c2c(N)ncnc2NC(C)c2nc3ccccc3c(=O)n2-c2ccccc2)c(F)n1. The maximum absolute atomic E-state index is 15.0. The second kappa shape index (κ2) is 10.9. The van der Waals surface area contributed by atoms with Gasteiger partial charge in [-0.3, -0.25) is 14.8 Å². The number of halogens is 1. The Morgan fingerprint density at radius 2 is 1.73 bits per heavy atom. The fourth-order valence-corrected chi connectivity index (χ4v) is 4.34. The van der Waals surface area contributed by atoms with Gasteiger partial charge in [-0.05, 0) is 51.1 Å². The Hall–Kier alpha value is -5.19. The Morgan fingerprint density at radius 1 is 1.00 bits per heavy atom. The molecule has 1 atom stereocenters. The predicted octanol–water partition coefficient (Wildman–Crippen LogP) is 4.67. The quantitative estimate of drug-likeness (QED) is 0.191. The number of pyridine rings is 1. The van der Waals surface area contributed by atoms with Gasteiger partial charge in [-0.15, -0.1) is 0 Å². The lowest BCUT2D eigenvalue weighted by Crippen LogP contribution is -2.28. The van der Waals surface area contributed by atoms with Crippen LogP contribution in [0.15, 0.2) is 77.9 Å². The molecule has 2 aromatic carbocycles. The summed E-state index contributed by atoms with van der Waals surface area (Å²) in [6, 6.07) is 18.6. The first kappa shape index (κ1) is 26.4. The highest BCUT2D eigenvalue weighted by Gasteiger charge is 2.24. The zero-order valence-electron chi connectivity index (χ0n) is 22.1. The van der Waals surface area contributed by atoms with E-state index in [0.717, 1.165) is 0 Å². The summed E-state index contributed by atoms with van der Waals surface area (Å²) in [5, 5.41) is 12.5. The average Bonchev–Trinajstić information content (AvgIpc) is 2.93. The van der Waals surface area contributed by atoms with Gasteiger partial charge in [-0.2, -0.15) is 9.37 Å². The van der Waals surface area contributed by atoms with Gasteiger partial charge < -0.3 is 15.8 Å². The lowest BCUT2D eigenvalue weighted by Gasteiger charge is -2.21. The van der Waals surface area contributed by atoms with Crippen molar-refractivity contribution in [3.05, 3.63) is 106 Å². The van der Waals surface area contributed by atoms with Crippen molar-refractivity contribution in [3.63, 3.8) is 0 Å². The molecule has 0 spiro atoms. The van der Waals surface area contributed by atoms with Crippen LogP contribution in [0, 0.1) is 11.4 Å². The van der Waals surface area contributed by atoms with Crippen LogP contribution in [0.4, 0.5) is 16.0 Å². The first-order valence-corrected chi connectivity index (χ1v) is 12.6. The minimum absolute atomic E-state index is 0.0245. The fourth-order valence-electron chi connectivity index (χ4n) is 4.34. The molecule has 0 fully saturated rings. The molecule has 0 aliphatic carbocycles. The topological polar surface area (TPSA) is 145 Å². The number of fused-ring (bicyclic) bond motifs is 1. The van der Waals surface area contributed by atoms with E-state index in [4.69, 9.17) is 20.9 Å². The Labute approximate surface area is 229 Å².